The molecule has 1 aliphatic carbocycles. The van der Waals surface area contributed by atoms with Crippen molar-refractivity contribution in [1.29, 1.82) is 0 Å². The van der Waals surface area contributed by atoms with Crippen LogP contribution in [-0.2, 0) is 4.74 Å². The molecule has 0 radical (unpaired) electrons. The molecule has 0 aromatic carbocycles. The number of halogens is 1. The van der Waals surface area contributed by atoms with E-state index in [2.05, 4.69) is 28.9 Å². The molecule has 1 spiro atoms. The van der Waals surface area contributed by atoms with E-state index in [0.717, 1.165) is 32.1 Å². The third kappa shape index (κ3) is 5.78. The molecule has 1 aliphatic heterocycles. The van der Waals surface area contributed by atoms with Gasteiger partial charge in [0.2, 0.25) is 0 Å². The summed E-state index contributed by atoms with van der Waals surface area (Å²) >= 11 is 2.20. The second-order valence-electron chi connectivity index (χ2n) is 5.74. The van der Waals surface area contributed by atoms with Gasteiger partial charge < -0.3 is 15.0 Å². The number of nitrogens with one attached hydrogen (secondary N) is 1. The fourth-order valence-corrected chi connectivity index (χ4v) is 4.76. The van der Waals surface area contributed by atoms with Crippen LogP contribution in [0.5, 0.6) is 0 Å². The van der Waals surface area contributed by atoms with Crippen molar-refractivity contribution in [3.05, 3.63) is 0 Å². The lowest BCUT2D eigenvalue weighted by Crippen LogP contribution is -2.53. The normalized spacial score (nSPS) is 22.0. The van der Waals surface area contributed by atoms with Gasteiger partial charge in [-0.05, 0) is 19.8 Å². The fraction of sp³-hybridized carbons (Fsp3) is 0.933. The summed E-state index contributed by atoms with van der Waals surface area (Å²) in [5, 5.41) is 3.44. The second-order valence-corrected chi connectivity index (χ2v) is 7.31. The van der Waals surface area contributed by atoms with Crippen molar-refractivity contribution < 1.29 is 4.74 Å². The molecular weight excluding hydrogens is 397 g/mol. The van der Waals surface area contributed by atoms with Gasteiger partial charge in [-0.25, -0.2) is 0 Å². The van der Waals surface area contributed by atoms with Crippen LogP contribution in [-0.4, -0.2) is 61.3 Å². The van der Waals surface area contributed by atoms with Crippen LogP contribution in [0.15, 0.2) is 4.99 Å². The van der Waals surface area contributed by atoms with E-state index in [0.29, 0.717) is 11.4 Å². The van der Waals surface area contributed by atoms with Crippen LogP contribution in [0.2, 0.25) is 0 Å². The minimum absolute atomic E-state index is 0. The van der Waals surface area contributed by atoms with Crippen molar-refractivity contribution in [3.8, 4) is 0 Å². The first-order valence-electron chi connectivity index (χ1n) is 7.96. The summed E-state index contributed by atoms with van der Waals surface area (Å²) in [5.41, 5.74) is 0. The Morgan fingerprint density at radius 3 is 2.76 bits per heavy atom. The molecule has 0 aromatic rings. The predicted octanol–water partition coefficient (Wildman–Crippen LogP) is 2.97. The van der Waals surface area contributed by atoms with Gasteiger partial charge in [-0.1, -0.05) is 19.3 Å². The number of hydrogen-bond donors (Lipinski definition) is 1. The van der Waals surface area contributed by atoms with Gasteiger partial charge in [-0.3, -0.25) is 4.99 Å². The first-order chi connectivity index (χ1) is 9.79. The van der Waals surface area contributed by atoms with E-state index in [1.54, 1.807) is 7.11 Å². The molecule has 2 rings (SSSR count). The highest BCUT2D eigenvalue weighted by molar-refractivity contribution is 14.0. The van der Waals surface area contributed by atoms with Crippen LogP contribution in [0.1, 0.15) is 39.0 Å². The lowest BCUT2D eigenvalue weighted by Gasteiger charge is -2.45. The van der Waals surface area contributed by atoms with Crippen molar-refractivity contribution in [3.63, 3.8) is 0 Å². The Labute approximate surface area is 150 Å². The summed E-state index contributed by atoms with van der Waals surface area (Å²) in [6.07, 6.45) is 6.98. The molecule has 21 heavy (non-hydrogen) atoms. The minimum atomic E-state index is 0. The lowest BCUT2D eigenvalue weighted by molar-refractivity contribution is 0.207. The van der Waals surface area contributed by atoms with E-state index >= 15 is 0 Å². The zero-order valence-electron chi connectivity index (χ0n) is 13.4. The summed E-state index contributed by atoms with van der Waals surface area (Å²) in [6, 6.07) is 0. The third-order valence-corrected chi connectivity index (χ3v) is 5.74. The van der Waals surface area contributed by atoms with Crippen LogP contribution in [0, 0.1) is 0 Å². The molecule has 0 unspecified atom stereocenters. The maximum Gasteiger partial charge on any atom is 0.194 e. The summed E-state index contributed by atoms with van der Waals surface area (Å²) < 4.78 is 5.60. The number of nitrogens with zero attached hydrogens (tertiary/aromatic N) is 2. The van der Waals surface area contributed by atoms with Gasteiger partial charge in [-0.15, -0.1) is 24.0 Å². The van der Waals surface area contributed by atoms with E-state index in [1.165, 1.54) is 37.9 Å². The van der Waals surface area contributed by atoms with E-state index in [-0.39, 0.29) is 24.0 Å². The van der Waals surface area contributed by atoms with Crippen molar-refractivity contribution >= 4 is 41.7 Å². The van der Waals surface area contributed by atoms with E-state index in [4.69, 9.17) is 9.73 Å². The topological polar surface area (TPSA) is 36.9 Å². The van der Waals surface area contributed by atoms with Gasteiger partial charge in [0, 0.05) is 37.2 Å². The quantitative estimate of drug-likeness (QED) is 0.324. The van der Waals surface area contributed by atoms with Crippen LogP contribution >= 0.6 is 35.7 Å². The summed E-state index contributed by atoms with van der Waals surface area (Å²) in [5.74, 6) is 2.31. The average Bonchev–Trinajstić information content (AvgIpc) is 2.47. The van der Waals surface area contributed by atoms with E-state index in [9.17, 15) is 0 Å². The first-order valence-corrected chi connectivity index (χ1v) is 8.94. The smallest absolute Gasteiger partial charge is 0.194 e. The highest BCUT2D eigenvalue weighted by Crippen LogP contribution is 2.42. The molecule has 1 saturated carbocycles. The first kappa shape index (κ1) is 19.4. The van der Waals surface area contributed by atoms with Crippen molar-refractivity contribution in [2.45, 2.75) is 43.8 Å². The van der Waals surface area contributed by atoms with Crippen LogP contribution in [0.3, 0.4) is 0 Å². The monoisotopic (exact) mass is 427 g/mol. The summed E-state index contributed by atoms with van der Waals surface area (Å²) in [7, 11) is 1.73. The Bertz CT molecular complexity index is 317. The number of methoxy groups -OCH3 is 1. The molecule has 2 aliphatic rings. The molecule has 0 atom stereocenters. The number of aliphatic imine (C=N–C) groups is 1. The Morgan fingerprint density at radius 1 is 1.33 bits per heavy atom. The van der Waals surface area contributed by atoms with Gasteiger partial charge in [0.05, 0.1) is 13.2 Å². The lowest BCUT2D eigenvalue weighted by atomic mass is 9.87. The number of hydrogen-bond acceptors (Lipinski definition) is 3. The zero-order valence-corrected chi connectivity index (χ0v) is 16.5. The van der Waals surface area contributed by atoms with Crippen LogP contribution in [0.25, 0.3) is 0 Å². The Balaban J connectivity index is 0.00000220. The third-order valence-electron chi connectivity index (χ3n) is 4.20. The summed E-state index contributed by atoms with van der Waals surface area (Å²) in [6.45, 7) is 6.79. The molecule has 124 valence electrons. The standard InChI is InChI=1S/C15H29N3OS.HI/c1-3-16-14(17-9-11-19-2)18-10-12-20-15(13-18)7-5-4-6-8-15;/h3-13H2,1-2H3,(H,16,17);1H. The van der Waals surface area contributed by atoms with Gasteiger partial charge in [0.25, 0.3) is 0 Å². The SMILES string of the molecule is CCNC(=NCCOC)N1CCSC2(CCCCC2)C1.I. The maximum atomic E-state index is 5.11. The minimum Gasteiger partial charge on any atom is -0.383 e. The number of guanidine groups is 1. The largest absolute Gasteiger partial charge is 0.383 e. The van der Waals surface area contributed by atoms with Gasteiger partial charge in [0.1, 0.15) is 0 Å². The highest BCUT2D eigenvalue weighted by Gasteiger charge is 2.38. The molecule has 0 bridgehead atoms. The molecular formula is C15H30IN3OS. The molecule has 2 fully saturated rings. The Morgan fingerprint density at radius 2 is 2.10 bits per heavy atom. The Hall–Kier alpha value is 0.310. The number of rotatable bonds is 4. The molecule has 0 amide bonds. The van der Waals surface area contributed by atoms with Gasteiger partial charge in [-0.2, -0.15) is 11.8 Å². The predicted molar refractivity (Wildman–Crippen MR) is 103 cm³/mol. The second kappa shape index (κ2) is 10.2. The molecule has 1 saturated heterocycles. The van der Waals surface area contributed by atoms with E-state index in [1.807, 2.05) is 0 Å². The maximum absolute atomic E-state index is 5.11. The molecule has 1 heterocycles. The van der Waals surface area contributed by atoms with Crippen molar-refractivity contribution in [2.24, 2.45) is 4.99 Å². The van der Waals surface area contributed by atoms with Crippen molar-refractivity contribution in [2.75, 3.05) is 45.6 Å². The summed E-state index contributed by atoms with van der Waals surface area (Å²) in [4.78, 5) is 7.18. The van der Waals surface area contributed by atoms with Crippen LogP contribution in [0.4, 0.5) is 0 Å². The number of thioether (sulfide) groups is 1. The van der Waals surface area contributed by atoms with E-state index < -0.39 is 0 Å². The van der Waals surface area contributed by atoms with Crippen LogP contribution < -0.4 is 5.32 Å². The molecule has 1 N–H and O–H groups in total. The highest BCUT2D eigenvalue weighted by atomic mass is 127. The molecule has 4 nitrogen and oxygen atoms in total. The van der Waals surface area contributed by atoms with Gasteiger partial charge in [0.15, 0.2) is 5.96 Å². The molecule has 6 heteroatoms. The molecule has 0 aromatic heterocycles. The number of ether oxygens (including phenoxy) is 1. The average molecular weight is 427 g/mol. The fourth-order valence-electron chi connectivity index (χ4n) is 3.19. The van der Waals surface area contributed by atoms with Crippen molar-refractivity contribution in [1.82, 2.24) is 10.2 Å². The zero-order chi connectivity index (χ0) is 14.3. The Kier molecular flexibility index (Phi) is 9.36. The van der Waals surface area contributed by atoms with Gasteiger partial charge >= 0.3 is 0 Å².